The van der Waals surface area contributed by atoms with Gasteiger partial charge in [-0.3, -0.25) is 9.59 Å². The third-order valence-electron chi connectivity index (χ3n) is 4.18. The molecule has 29 heavy (non-hydrogen) atoms. The van der Waals surface area contributed by atoms with Crippen LogP contribution in [0.2, 0.25) is 0 Å². The van der Waals surface area contributed by atoms with Crippen molar-refractivity contribution in [3.05, 3.63) is 75.7 Å². The predicted molar refractivity (Wildman–Crippen MR) is 100 cm³/mol. The smallest absolute Gasteiger partial charge is 0.367 e. The summed E-state index contributed by atoms with van der Waals surface area (Å²) < 4.78 is 42.0. The number of aromatic nitrogens is 2. The Balaban J connectivity index is 1.65. The van der Waals surface area contributed by atoms with Crippen molar-refractivity contribution < 1.29 is 22.7 Å². The van der Waals surface area contributed by atoms with Gasteiger partial charge in [0.15, 0.2) is 5.69 Å². The molecule has 0 atom stereocenters. The number of carbonyl (C=O) groups is 1. The van der Waals surface area contributed by atoms with Crippen molar-refractivity contribution in [2.75, 3.05) is 6.61 Å². The van der Waals surface area contributed by atoms with Crippen LogP contribution in [0.3, 0.4) is 0 Å². The van der Waals surface area contributed by atoms with Crippen LogP contribution in [0.15, 0.2) is 53.3 Å². The summed E-state index contributed by atoms with van der Waals surface area (Å²) in [5.74, 6) is -0.436. The first-order valence-electron chi connectivity index (χ1n) is 8.71. The maximum atomic E-state index is 12.6. The van der Waals surface area contributed by atoms with Gasteiger partial charge in [-0.2, -0.15) is 18.3 Å². The molecule has 6 nitrogen and oxygen atoms in total. The van der Waals surface area contributed by atoms with E-state index >= 15 is 0 Å². The third-order valence-corrected chi connectivity index (χ3v) is 4.18. The van der Waals surface area contributed by atoms with Crippen LogP contribution in [0.4, 0.5) is 13.2 Å². The topological polar surface area (TPSA) is 73.2 Å². The molecule has 0 fully saturated rings. The SMILES string of the molecule is Cn1nc(C(=O)NCc2ccc(COCC(F)(F)F)cc2)c2ccccc2c1=O. The first-order valence-corrected chi connectivity index (χ1v) is 8.71. The average molecular weight is 405 g/mol. The van der Waals surface area contributed by atoms with E-state index in [4.69, 9.17) is 0 Å². The Hall–Kier alpha value is -3.20. The highest BCUT2D eigenvalue weighted by Gasteiger charge is 2.27. The number of nitrogens with zero attached hydrogens (tertiary/aromatic N) is 2. The normalized spacial score (nSPS) is 11.6. The molecule has 0 saturated carbocycles. The zero-order valence-corrected chi connectivity index (χ0v) is 15.5. The summed E-state index contributed by atoms with van der Waals surface area (Å²) in [5, 5.41) is 7.67. The fourth-order valence-corrected chi connectivity index (χ4v) is 2.77. The molecule has 1 amide bonds. The van der Waals surface area contributed by atoms with Crippen LogP contribution in [-0.2, 0) is 24.9 Å². The van der Waals surface area contributed by atoms with Crippen molar-refractivity contribution in [3.8, 4) is 0 Å². The first-order chi connectivity index (χ1) is 13.7. The van der Waals surface area contributed by atoms with Gasteiger partial charge in [0.2, 0.25) is 0 Å². The summed E-state index contributed by atoms with van der Waals surface area (Å²) >= 11 is 0. The van der Waals surface area contributed by atoms with Crippen molar-refractivity contribution in [2.45, 2.75) is 19.3 Å². The molecule has 9 heteroatoms. The fraction of sp³-hybridized carbons (Fsp3) is 0.250. The molecule has 0 aliphatic rings. The largest absolute Gasteiger partial charge is 0.411 e. The Morgan fingerprint density at radius 1 is 1.07 bits per heavy atom. The van der Waals surface area contributed by atoms with Gasteiger partial charge in [-0.15, -0.1) is 0 Å². The summed E-state index contributed by atoms with van der Waals surface area (Å²) in [6.45, 7) is -1.26. The maximum absolute atomic E-state index is 12.6. The number of rotatable bonds is 6. The van der Waals surface area contributed by atoms with E-state index in [1.165, 1.54) is 7.05 Å². The summed E-state index contributed by atoms with van der Waals surface area (Å²) in [4.78, 5) is 24.7. The molecular formula is C20H18F3N3O3. The maximum Gasteiger partial charge on any atom is 0.411 e. The Labute approximate surface area is 163 Å². The number of hydrogen-bond donors (Lipinski definition) is 1. The minimum atomic E-state index is -4.36. The molecule has 152 valence electrons. The highest BCUT2D eigenvalue weighted by molar-refractivity contribution is 6.04. The Morgan fingerprint density at radius 2 is 1.69 bits per heavy atom. The number of ether oxygens (including phenoxy) is 1. The molecule has 1 N–H and O–H groups in total. The third kappa shape index (κ3) is 5.20. The minimum Gasteiger partial charge on any atom is -0.367 e. The molecule has 0 radical (unpaired) electrons. The van der Waals surface area contributed by atoms with Gasteiger partial charge in [-0.1, -0.05) is 42.5 Å². The molecule has 0 saturated heterocycles. The molecular weight excluding hydrogens is 387 g/mol. The number of alkyl halides is 3. The molecule has 2 aromatic carbocycles. The number of benzene rings is 2. The van der Waals surface area contributed by atoms with E-state index in [-0.39, 0.29) is 24.4 Å². The van der Waals surface area contributed by atoms with E-state index in [9.17, 15) is 22.8 Å². The molecule has 1 heterocycles. The quantitative estimate of drug-likeness (QED) is 0.685. The van der Waals surface area contributed by atoms with Crippen LogP contribution >= 0.6 is 0 Å². The van der Waals surface area contributed by atoms with Gasteiger partial charge in [-0.05, 0) is 17.2 Å². The lowest BCUT2D eigenvalue weighted by molar-refractivity contribution is -0.176. The van der Waals surface area contributed by atoms with E-state index in [0.717, 1.165) is 10.2 Å². The van der Waals surface area contributed by atoms with Gasteiger partial charge in [-0.25, -0.2) is 4.68 Å². The van der Waals surface area contributed by atoms with Crippen LogP contribution in [0.25, 0.3) is 10.8 Å². The summed E-state index contributed by atoms with van der Waals surface area (Å²) in [6.07, 6.45) is -4.36. The molecule has 0 bridgehead atoms. The van der Waals surface area contributed by atoms with Crippen LogP contribution in [0, 0.1) is 0 Å². The van der Waals surface area contributed by atoms with Gasteiger partial charge in [0.1, 0.15) is 6.61 Å². The highest BCUT2D eigenvalue weighted by atomic mass is 19.4. The molecule has 1 aromatic heterocycles. The van der Waals surface area contributed by atoms with Gasteiger partial charge >= 0.3 is 6.18 Å². The monoisotopic (exact) mass is 405 g/mol. The van der Waals surface area contributed by atoms with Crippen LogP contribution in [-0.4, -0.2) is 28.5 Å². The first kappa shape index (κ1) is 20.5. The van der Waals surface area contributed by atoms with E-state index in [0.29, 0.717) is 16.3 Å². The second-order valence-electron chi connectivity index (χ2n) is 6.43. The van der Waals surface area contributed by atoms with Crippen molar-refractivity contribution in [1.82, 2.24) is 15.1 Å². The standard InChI is InChI=1S/C20H18F3N3O3/c1-26-19(28)16-5-3-2-4-15(16)17(25-26)18(27)24-10-13-6-8-14(9-7-13)11-29-12-20(21,22)23/h2-9H,10-12H2,1H3,(H,24,27). The number of fused-ring (bicyclic) bond motifs is 1. The van der Waals surface area contributed by atoms with Crippen molar-refractivity contribution in [3.63, 3.8) is 0 Å². The van der Waals surface area contributed by atoms with Crippen molar-refractivity contribution >= 4 is 16.7 Å². The van der Waals surface area contributed by atoms with E-state index < -0.39 is 18.7 Å². The van der Waals surface area contributed by atoms with Gasteiger partial charge < -0.3 is 10.1 Å². The number of amides is 1. The zero-order chi connectivity index (χ0) is 21.0. The Kier molecular flexibility index (Phi) is 5.97. The van der Waals surface area contributed by atoms with E-state index in [1.807, 2.05) is 0 Å². The lowest BCUT2D eigenvalue weighted by Gasteiger charge is -2.10. The number of aryl methyl sites for hydroxylation is 1. The lowest BCUT2D eigenvalue weighted by Crippen LogP contribution is -2.29. The molecule has 3 aromatic rings. The van der Waals surface area contributed by atoms with E-state index in [1.54, 1.807) is 48.5 Å². The van der Waals surface area contributed by atoms with E-state index in [2.05, 4.69) is 15.2 Å². The molecule has 0 aliphatic carbocycles. The summed E-state index contributed by atoms with van der Waals surface area (Å²) in [6, 6.07) is 13.4. The number of halogens is 3. The van der Waals surface area contributed by atoms with Gasteiger partial charge in [0.05, 0.1) is 12.0 Å². The minimum absolute atomic E-state index is 0.139. The zero-order valence-electron chi connectivity index (χ0n) is 15.5. The second-order valence-corrected chi connectivity index (χ2v) is 6.43. The predicted octanol–water partition coefficient (Wildman–Crippen LogP) is 2.94. The van der Waals surface area contributed by atoms with Crippen molar-refractivity contribution in [2.24, 2.45) is 7.05 Å². The lowest BCUT2D eigenvalue weighted by atomic mass is 10.1. The Bertz CT molecular complexity index is 1080. The second kappa shape index (κ2) is 8.44. The van der Waals surface area contributed by atoms with Crippen LogP contribution in [0.5, 0.6) is 0 Å². The van der Waals surface area contributed by atoms with Gasteiger partial charge in [0, 0.05) is 19.0 Å². The molecule has 0 unspecified atom stereocenters. The fourth-order valence-electron chi connectivity index (χ4n) is 2.77. The summed E-state index contributed by atoms with van der Waals surface area (Å²) in [7, 11) is 1.48. The summed E-state index contributed by atoms with van der Waals surface area (Å²) in [5.41, 5.74) is 1.20. The highest BCUT2D eigenvalue weighted by Crippen LogP contribution is 2.16. The number of hydrogen-bond acceptors (Lipinski definition) is 4. The number of carbonyl (C=O) groups excluding carboxylic acids is 1. The molecule has 0 spiro atoms. The Morgan fingerprint density at radius 3 is 2.34 bits per heavy atom. The molecule has 0 aliphatic heterocycles. The molecule has 3 rings (SSSR count). The average Bonchev–Trinajstić information content (AvgIpc) is 2.69. The van der Waals surface area contributed by atoms with Gasteiger partial charge in [0.25, 0.3) is 11.5 Å². The van der Waals surface area contributed by atoms with Crippen LogP contribution in [0.1, 0.15) is 21.6 Å². The number of nitrogens with one attached hydrogen (secondary N) is 1. The van der Waals surface area contributed by atoms with Crippen LogP contribution < -0.4 is 10.9 Å². The van der Waals surface area contributed by atoms with Crippen molar-refractivity contribution in [1.29, 1.82) is 0 Å².